The minimum atomic E-state index is -4.84. The van der Waals surface area contributed by atoms with Crippen molar-refractivity contribution in [3.8, 4) is 11.5 Å². The number of nitrogens with one attached hydrogen (secondary N) is 4. The Balaban J connectivity index is 1.09. The normalized spacial score (nSPS) is 11.5. The Morgan fingerprint density at radius 2 is 0.796 bits per heavy atom. The Morgan fingerprint density at radius 1 is 0.463 bits per heavy atom. The van der Waals surface area contributed by atoms with Gasteiger partial charge in [-0.3, -0.25) is 28.3 Å². The monoisotopic (exact) mass is 770 g/mol. The predicted octanol–water partition coefficient (Wildman–Crippen LogP) is 4.98. The molecule has 0 aliphatic carbocycles. The summed E-state index contributed by atoms with van der Waals surface area (Å²) in [6.07, 6.45) is 0. The van der Waals surface area contributed by atoms with E-state index in [4.69, 9.17) is 0 Å². The predicted molar refractivity (Wildman–Crippen MR) is 197 cm³/mol. The summed E-state index contributed by atoms with van der Waals surface area (Å²) in [7, 11) is -9.68. The van der Waals surface area contributed by atoms with Crippen LogP contribution in [0.2, 0.25) is 0 Å². The summed E-state index contributed by atoms with van der Waals surface area (Å²) in [6, 6.07) is 25.0. The van der Waals surface area contributed by atoms with Gasteiger partial charge in [0.05, 0.1) is 11.4 Å². The van der Waals surface area contributed by atoms with Gasteiger partial charge in [-0.25, -0.2) is 0 Å². The number of phenols is 2. The maximum absolute atomic E-state index is 13.0. The molecule has 0 radical (unpaired) electrons. The molecule has 0 aliphatic heterocycles. The molecule has 0 fully saturated rings. The zero-order valence-electron chi connectivity index (χ0n) is 27.3. The molecule has 0 aliphatic rings. The first-order valence-corrected chi connectivity index (χ1v) is 18.3. The van der Waals surface area contributed by atoms with Gasteiger partial charge in [0.15, 0.2) is 11.5 Å². The lowest BCUT2D eigenvalue weighted by Crippen LogP contribution is -2.29. The van der Waals surface area contributed by atoms with Crippen molar-refractivity contribution in [2.75, 3.05) is 21.3 Å². The van der Waals surface area contributed by atoms with Crippen LogP contribution in [-0.2, 0) is 29.8 Å². The van der Waals surface area contributed by atoms with Gasteiger partial charge < -0.3 is 31.5 Å². The molecule has 0 aromatic heterocycles. The number of hydrogen-bond donors (Lipinski definition) is 8. The number of carbonyl (C=O) groups excluding carboxylic acids is 4. The Hall–Kier alpha value is -6.86. The Labute approximate surface area is 305 Å². The molecule has 0 heterocycles. The molecule has 8 N–H and O–H groups in total. The molecule has 0 spiro atoms. The highest BCUT2D eigenvalue weighted by atomic mass is 32.2. The average molecular weight is 771 g/mol. The van der Waals surface area contributed by atoms with E-state index in [9.17, 15) is 55.3 Å². The fraction of sp³-hybridized carbons (Fsp3) is 0. The van der Waals surface area contributed by atoms with Crippen LogP contribution in [0.5, 0.6) is 11.5 Å². The fourth-order valence-corrected chi connectivity index (χ4v) is 6.67. The summed E-state index contributed by atoms with van der Waals surface area (Å²) >= 11 is 0. The number of carbonyl (C=O) groups is 4. The van der Waals surface area contributed by atoms with Crippen LogP contribution >= 0.6 is 0 Å². The van der Waals surface area contributed by atoms with Gasteiger partial charge in [-0.2, -0.15) is 16.8 Å². The minimum Gasteiger partial charge on any atom is -0.504 e. The summed E-state index contributed by atoms with van der Waals surface area (Å²) < 4.78 is 66.4. The molecule has 16 nitrogen and oxygen atoms in total. The van der Waals surface area contributed by atoms with E-state index in [1.54, 1.807) is 24.3 Å². The number of anilines is 4. The fourth-order valence-electron chi connectivity index (χ4n) is 5.43. The van der Waals surface area contributed by atoms with Gasteiger partial charge in [-0.15, -0.1) is 0 Å². The molecular formula is C36H26N4O12S2. The van der Waals surface area contributed by atoms with Crippen LogP contribution in [0.1, 0.15) is 20.7 Å². The van der Waals surface area contributed by atoms with Crippen LogP contribution < -0.4 is 21.3 Å². The second kappa shape index (κ2) is 14.3. The lowest BCUT2D eigenvalue weighted by molar-refractivity contribution is -0.132. The number of fused-ring (bicyclic) bond motifs is 2. The van der Waals surface area contributed by atoms with Crippen molar-refractivity contribution < 1.29 is 55.3 Å². The summed E-state index contributed by atoms with van der Waals surface area (Å²) in [5, 5.41) is 32.0. The van der Waals surface area contributed by atoms with Crippen LogP contribution in [-0.4, -0.2) is 59.8 Å². The van der Waals surface area contributed by atoms with Gasteiger partial charge in [0, 0.05) is 33.3 Å². The maximum atomic E-state index is 13.0. The van der Waals surface area contributed by atoms with E-state index in [-0.39, 0.29) is 33.9 Å². The van der Waals surface area contributed by atoms with E-state index in [2.05, 4.69) is 21.3 Å². The van der Waals surface area contributed by atoms with Crippen LogP contribution in [0.4, 0.5) is 22.7 Å². The highest BCUT2D eigenvalue weighted by Gasteiger charge is 2.25. The van der Waals surface area contributed by atoms with Gasteiger partial charge in [-0.1, -0.05) is 48.5 Å². The van der Waals surface area contributed by atoms with Crippen molar-refractivity contribution in [3.05, 3.63) is 120 Å². The summed E-state index contributed by atoms with van der Waals surface area (Å²) in [4.78, 5) is 49.7. The van der Waals surface area contributed by atoms with Crippen molar-refractivity contribution in [3.63, 3.8) is 0 Å². The van der Waals surface area contributed by atoms with Crippen LogP contribution in [0, 0.1) is 0 Å². The van der Waals surface area contributed by atoms with Crippen LogP contribution in [0.25, 0.3) is 21.5 Å². The molecular weight excluding hydrogens is 745 g/mol. The molecule has 6 aromatic carbocycles. The highest BCUT2D eigenvalue weighted by Crippen LogP contribution is 2.40. The lowest BCUT2D eigenvalue weighted by atomic mass is 10.1. The second-order valence-electron chi connectivity index (χ2n) is 11.6. The van der Waals surface area contributed by atoms with Crippen LogP contribution in [0.15, 0.2) is 119 Å². The average Bonchev–Trinajstić information content (AvgIpc) is 3.13. The van der Waals surface area contributed by atoms with Crippen LogP contribution in [0.3, 0.4) is 0 Å². The number of amides is 4. The molecule has 6 rings (SSSR count). The third kappa shape index (κ3) is 7.66. The first-order valence-electron chi connectivity index (χ1n) is 15.4. The third-order valence-corrected chi connectivity index (χ3v) is 9.76. The maximum Gasteiger partial charge on any atom is 0.314 e. The second-order valence-corrected chi connectivity index (χ2v) is 14.3. The number of benzene rings is 6. The molecule has 0 unspecified atom stereocenters. The number of rotatable bonds is 8. The number of aromatic hydroxyl groups is 2. The third-order valence-electron chi connectivity index (χ3n) is 8.02. The SMILES string of the molecule is O=C(Nc1ccc(C(=O)Nc2c(O)c(S(=O)(=O)O)cc3ccccc23)cc1)C(=O)Nc1ccc(C(=O)Nc2c(O)c(S(=O)(=O)O)cc3ccccc23)cc1. The topological polar surface area (TPSA) is 266 Å². The van der Waals surface area contributed by atoms with E-state index in [1.165, 1.54) is 72.8 Å². The quantitative estimate of drug-likeness (QED) is 0.0579. The first-order chi connectivity index (χ1) is 25.5. The van der Waals surface area contributed by atoms with E-state index in [0.717, 1.165) is 12.1 Å². The Kier molecular flexibility index (Phi) is 9.76. The van der Waals surface area contributed by atoms with Gasteiger partial charge in [-0.05, 0) is 71.4 Å². The Bertz CT molecular complexity index is 2560. The molecule has 6 aromatic rings. The largest absolute Gasteiger partial charge is 0.504 e. The van der Waals surface area contributed by atoms with E-state index >= 15 is 0 Å². The summed E-state index contributed by atoms with van der Waals surface area (Å²) in [6.45, 7) is 0. The van der Waals surface area contributed by atoms with Gasteiger partial charge in [0.25, 0.3) is 32.1 Å². The molecule has 4 amide bonds. The molecule has 0 atom stereocenters. The van der Waals surface area contributed by atoms with E-state index in [0.29, 0.717) is 21.5 Å². The van der Waals surface area contributed by atoms with Gasteiger partial charge in [0.2, 0.25) is 0 Å². The zero-order chi connectivity index (χ0) is 38.9. The number of hydrogen-bond acceptors (Lipinski definition) is 10. The smallest absolute Gasteiger partial charge is 0.314 e. The Morgan fingerprint density at radius 3 is 1.13 bits per heavy atom. The van der Waals surface area contributed by atoms with Gasteiger partial charge in [0.1, 0.15) is 9.79 Å². The molecule has 274 valence electrons. The number of phenolic OH excluding ortho intramolecular Hbond substituents is 2. The minimum absolute atomic E-state index is 0.0249. The summed E-state index contributed by atoms with van der Waals surface area (Å²) in [5.41, 5.74) is -0.226. The van der Waals surface area contributed by atoms with Crippen molar-refractivity contribution in [2.45, 2.75) is 9.79 Å². The molecule has 18 heteroatoms. The standard InChI is InChI=1S/C36H26N4O12S2/c41-31-27(53(47,48)49)17-21-5-1-3-7-25(21)29(31)39-33(43)19-9-13-23(14-10-19)37-35(45)36(46)38-24-15-11-20(12-16-24)34(44)40-30-26-8-4-2-6-22(26)18-28(32(30)42)54(50,51)52/h1-18,41-42H,(H,37,45)(H,38,46)(H,39,43)(H,40,44)(H,47,48,49)(H,50,51,52). The van der Waals surface area contributed by atoms with Crippen molar-refractivity contribution in [1.82, 2.24) is 0 Å². The van der Waals surface area contributed by atoms with Gasteiger partial charge >= 0.3 is 11.8 Å². The van der Waals surface area contributed by atoms with E-state index in [1.807, 2.05) is 0 Å². The van der Waals surface area contributed by atoms with Crippen molar-refractivity contribution in [2.24, 2.45) is 0 Å². The molecule has 0 saturated heterocycles. The van der Waals surface area contributed by atoms with Crippen molar-refractivity contribution in [1.29, 1.82) is 0 Å². The zero-order valence-corrected chi connectivity index (χ0v) is 28.9. The van der Waals surface area contributed by atoms with E-state index < -0.39 is 65.2 Å². The van der Waals surface area contributed by atoms with Crippen molar-refractivity contribution >= 4 is 88.2 Å². The lowest BCUT2D eigenvalue weighted by Gasteiger charge is -2.14. The first kappa shape index (κ1) is 36.9. The highest BCUT2D eigenvalue weighted by molar-refractivity contribution is 7.86. The molecule has 54 heavy (non-hydrogen) atoms. The molecule has 0 saturated carbocycles. The molecule has 0 bridgehead atoms. The summed E-state index contributed by atoms with van der Waals surface area (Å²) in [5.74, 6) is -5.45.